The minimum Gasteiger partial charge on any atom is -0.204 e. The molecule has 0 radical (unpaired) electrons. The Morgan fingerprint density at radius 3 is 1.92 bits per heavy atom. The van der Waals surface area contributed by atoms with Crippen LogP contribution in [-0.4, -0.2) is 0 Å². The number of rotatable bonds is 0. The Hall–Kier alpha value is -0.470. The van der Waals surface area contributed by atoms with Gasteiger partial charge in [0.1, 0.15) is 11.6 Å². The van der Waals surface area contributed by atoms with Crippen LogP contribution < -0.4 is 0 Å². The second kappa shape index (κ2) is 3.50. The maximum absolute atomic E-state index is 12.9. The van der Waals surface area contributed by atoms with Crippen LogP contribution in [0, 0.1) is 23.0 Å². The molecule has 1 rings (SSSR count). The van der Waals surface area contributed by atoms with E-state index in [0.29, 0.717) is 0 Å². The van der Waals surface area contributed by atoms with Crippen LogP contribution in [0.3, 0.4) is 0 Å². The summed E-state index contributed by atoms with van der Waals surface area (Å²) in [6, 6.07) is 2.65. The molecule has 0 fully saturated rings. The van der Waals surface area contributed by atoms with Gasteiger partial charge in [-0.15, -0.1) is 0 Å². The summed E-state index contributed by atoms with van der Waals surface area (Å²) in [5.74, 6) is -1.75. The van der Waals surface area contributed by atoms with E-state index in [1.165, 1.54) is 12.1 Å². The summed E-state index contributed by atoms with van der Waals surface area (Å²) in [4.78, 5) is 0. The first-order valence-corrected chi connectivity index (χ1v) is 4.39. The van der Waals surface area contributed by atoms with E-state index in [0.717, 1.165) is 0 Å². The molecule has 1 aromatic carbocycles. The van der Waals surface area contributed by atoms with E-state index in [1.54, 1.807) is 0 Å². The Labute approximate surface area is 84.3 Å². The van der Waals surface area contributed by atoms with Crippen molar-refractivity contribution in [2.24, 2.45) is 0 Å². The van der Waals surface area contributed by atoms with Gasteiger partial charge in [0.25, 0.3) is 0 Å². The van der Waals surface area contributed by atoms with Crippen LogP contribution in [0.1, 0.15) is 5.56 Å². The Morgan fingerprint density at radius 2 is 1.58 bits per heavy atom. The minimum absolute atomic E-state index is 0.0623. The second-order valence-electron chi connectivity index (χ2n) is 1.95. The highest BCUT2D eigenvalue weighted by Crippen LogP contribution is 2.27. The van der Waals surface area contributed by atoms with E-state index in [1.807, 2.05) is 0 Å². The van der Waals surface area contributed by atoms with Gasteiger partial charge in [-0.2, -0.15) is 5.26 Å². The average Bonchev–Trinajstić information content (AvgIpc) is 2.02. The minimum atomic E-state index is -0.877. The largest absolute Gasteiger partial charge is 0.204 e. The Kier molecular flexibility index (Phi) is 2.80. The van der Waals surface area contributed by atoms with Crippen LogP contribution in [0.25, 0.3) is 0 Å². The molecule has 0 saturated carbocycles. The van der Waals surface area contributed by atoms with Gasteiger partial charge in [0.2, 0.25) is 0 Å². The van der Waals surface area contributed by atoms with E-state index in [-0.39, 0.29) is 8.95 Å². The van der Waals surface area contributed by atoms with Gasteiger partial charge in [-0.25, -0.2) is 8.78 Å². The zero-order valence-corrected chi connectivity index (χ0v) is 8.71. The molecule has 0 amide bonds. The summed E-state index contributed by atoms with van der Waals surface area (Å²) in [5, 5.41) is 8.38. The van der Waals surface area contributed by atoms with Gasteiger partial charge < -0.3 is 0 Å². The van der Waals surface area contributed by atoms with Crippen LogP contribution in [-0.2, 0) is 0 Å². The zero-order chi connectivity index (χ0) is 9.30. The smallest absolute Gasteiger partial charge is 0.158 e. The molecule has 0 unspecified atom stereocenters. The molecular weight excluding hydrogens is 296 g/mol. The average molecular weight is 297 g/mol. The Balaban J connectivity index is 3.56. The zero-order valence-electron chi connectivity index (χ0n) is 5.54. The SMILES string of the molecule is N#Cc1c(F)c(Br)cc(Br)c1F. The number of nitrogens with zero attached hydrogens (tertiary/aromatic N) is 1. The fourth-order valence-electron chi connectivity index (χ4n) is 0.671. The lowest BCUT2D eigenvalue weighted by molar-refractivity contribution is 0.568. The fraction of sp³-hybridized carbons (Fsp3) is 0. The number of hydrogen-bond acceptors (Lipinski definition) is 1. The standard InChI is InChI=1S/C7HBr2F2N/c8-4-1-5(9)7(11)3(2-12)6(4)10/h1H. The maximum Gasteiger partial charge on any atom is 0.158 e. The van der Waals surface area contributed by atoms with Crippen LogP contribution in [0.4, 0.5) is 8.78 Å². The van der Waals surface area contributed by atoms with Gasteiger partial charge in [-0.1, -0.05) is 0 Å². The molecule has 0 bridgehead atoms. The molecule has 0 aliphatic heterocycles. The molecule has 1 nitrogen and oxygen atoms in total. The van der Waals surface area contributed by atoms with Gasteiger partial charge in [-0.3, -0.25) is 0 Å². The first kappa shape index (κ1) is 9.62. The van der Waals surface area contributed by atoms with Crippen LogP contribution >= 0.6 is 31.9 Å². The molecule has 0 spiro atoms. The third-order valence-electron chi connectivity index (χ3n) is 1.22. The van der Waals surface area contributed by atoms with E-state index >= 15 is 0 Å². The van der Waals surface area contributed by atoms with Crippen molar-refractivity contribution >= 4 is 31.9 Å². The second-order valence-corrected chi connectivity index (χ2v) is 3.66. The molecule has 0 aliphatic carbocycles. The summed E-state index contributed by atoms with van der Waals surface area (Å²) in [6.07, 6.45) is 0. The predicted octanol–water partition coefficient (Wildman–Crippen LogP) is 3.36. The predicted molar refractivity (Wildman–Crippen MR) is 46.5 cm³/mol. The molecule has 5 heteroatoms. The normalized spacial score (nSPS) is 9.58. The highest BCUT2D eigenvalue weighted by atomic mass is 79.9. The van der Waals surface area contributed by atoms with Crippen LogP contribution in [0.2, 0.25) is 0 Å². The first-order chi connectivity index (χ1) is 5.57. The van der Waals surface area contributed by atoms with Crippen molar-refractivity contribution in [2.45, 2.75) is 0 Å². The molecule has 1 aromatic rings. The number of benzene rings is 1. The molecule has 0 aromatic heterocycles. The molecule has 0 saturated heterocycles. The Morgan fingerprint density at radius 1 is 1.17 bits per heavy atom. The van der Waals surface area contributed by atoms with E-state index in [4.69, 9.17) is 5.26 Å². The molecule has 62 valence electrons. The molecule has 0 N–H and O–H groups in total. The van der Waals surface area contributed by atoms with E-state index in [9.17, 15) is 8.78 Å². The highest BCUT2D eigenvalue weighted by Gasteiger charge is 2.15. The summed E-state index contributed by atoms with van der Waals surface area (Å²) >= 11 is 5.70. The third kappa shape index (κ3) is 1.50. The fourth-order valence-corrected chi connectivity index (χ4v) is 1.83. The van der Waals surface area contributed by atoms with Crippen molar-refractivity contribution in [2.75, 3.05) is 0 Å². The van der Waals surface area contributed by atoms with E-state index in [2.05, 4.69) is 31.9 Å². The van der Waals surface area contributed by atoms with Gasteiger partial charge in [-0.05, 0) is 37.9 Å². The lowest BCUT2D eigenvalue weighted by Crippen LogP contribution is -1.92. The topological polar surface area (TPSA) is 23.8 Å². The quantitative estimate of drug-likeness (QED) is 0.674. The molecule has 0 atom stereocenters. The van der Waals surface area contributed by atoms with Crippen molar-refractivity contribution in [3.63, 3.8) is 0 Å². The summed E-state index contributed by atoms with van der Waals surface area (Å²) in [6.45, 7) is 0. The lowest BCUT2D eigenvalue weighted by atomic mass is 10.2. The van der Waals surface area contributed by atoms with Crippen molar-refractivity contribution in [1.29, 1.82) is 5.26 Å². The number of nitriles is 1. The van der Waals surface area contributed by atoms with Gasteiger partial charge >= 0.3 is 0 Å². The van der Waals surface area contributed by atoms with Gasteiger partial charge in [0.05, 0.1) is 8.95 Å². The molecule has 0 heterocycles. The maximum atomic E-state index is 12.9. The van der Waals surface area contributed by atoms with Crippen LogP contribution in [0.5, 0.6) is 0 Å². The molecule has 0 aliphatic rings. The monoisotopic (exact) mass is 295 g/mol. The summed E-state index contributed by atoms with van der Waals surface area (Å²) in [7, 11) is 0. The van der Waals surface area contributed by atoms with Crippen molar-refractivity contribution in [1.82, 2.24) is 0 Å². The molecular formula is C7HBr2F2N. The van der Waals surface area contributed by atoms with Gasteiger partial charge in [0, 0.05) is 0 Å². The number of hydrogen-bond donors (Lipinski definition) is 0. The Bertz CT molecular complexity index is 344. The summed E-state index contributed by atoms with van der Waals surface area (Å²) < 4.78 is 25.9. The van der Waals surface area contributed by atoms with Crippen molar-refractivity contribution < 1.29 is 8.78 Å². The highest BCUT2D eigenvalue weighted by molar-refractivity contribution is 9.11. The third-order valence-corrected chi connectivity index (χ3v) is 2.38. The van der Waals surface area contributed by atoms with E-state index < -0.39 is 17.2 Å². The number of halogens is 4. The lowest BCUT2D eigenvalue weighted by Gasteiger charge is -2.00. The molecule has 12 heavy (non-hydrogen) atoms. The van der Waals surface area contributed by atoms with Crippen molar-refractivity contribution in [3.05, 3.63) is 32.2 Å². The van der Waals surface area contributed by atoms with Crippen molar-refractivity contribution in [3.8, 4) is 6.07 Å². The van der Waals surface area contributed by atoms with Crippen LogP contribution in [0.15, 0.2) is 15.0 Å². The summed E-state index contributed by atoms with van der Waals surface area (Å²) in [5.41, 5.74) is -0.587. The first-order valence-electron chi connectivity index (χ1n) is 2.81. The van der Waals surface area contributed by atoms with Gasteiger partial charge in [0.15, 0.2) is 11.6 Å².